The van der Waals surface area contributed by atoms with E-state index in [1.807, 2.05) is 13.2 Å². The first-order valence-electron chi connectivity index (χ1n) is 7.60. The van der Waals surface area contributed by atoms with Gasteiger partial charge in [0, 0.05) is 7.11 Å². The van der Waals surface area contributed by atoms with Crippen molar-refractivity contribution < 1.29 is 9.47 Å². The Morgan fingerprint density at radius 1 is 1.25 bits per heavy atom. The van der Waals surface area contributed by atoms with Crippen LogP contribution in [0.2, 0.25) is 0 Å². The second-order valence-electron chi connectivity index (χ2n) is 5.69. The van der Waals surface area contributed by atoms with Crippen LogP contribution in [0.4, 0.5) is 0 Å². The summed E-state index contributed by atoms with van der Waals surface area (Å²) in [5, 5.41) is 3.65. The zero-order valence-electron chi connectivity index (χ0n) is 13.2. The predicted molar refractivity (Wildman–Crippen MR) is 82.4 cm³/mol. The summed E-state index contributed by atoms with van der Waals surface area (Å²) in [5.74, 6) is 0.916. The highest BCUT2D eigenvalue weighted by Gasteiger charge is 2.42. The van der Waals surface area contributed by atoms with Gasteiger partial charge in [0.05, 0.1) is 18.8 Å². The summed E-state index contributed by atoms with van der Waals surface area (Å²) >= 11 is 0. The molecule has 112 valence electrons. The minimum Gasteiger partial charge on any atom is -0.497 e. The normalized spacial score (nSPS) is 19.0. The lowest BCUT2D eigenvalue weighted by Crippen LogP contribution is -2.43. The van der Waals surface area contributed by atoms with Gasteiger partial charge in [-0.2, -0.15) is 0 Å². The van der Waals surface area contributed by atoms with E-state index in [2.05, 4.69) is 31.3 Å². The summed E-state index contributed by atoms with van der Waals surface area (Å²) in [6.45, 7) is 5.26. The van der Waals surface area contributed by atoms with Crippen molar-refractivity contribution in [3.8, 4) is 5.75 Å². The molecule has 2 rings (SSSR count). The third kappa shape index (κ3) is 2.84. The highest BCUT2D eigenvalue weighted by molar-refractivity contribution is 5.38. The van der Waals surface area contributed by atoms with Crippen LogP contribution >= 0.6 is 0 Å². The Labute approximate surface area is 122 Å². The third-order valence-corrected chi connectivity index (χ3v) is 4.58. The summed E-state index contributed by atoms with van der Waals surface area (Å²) in [7, 11) is 3.57. The first-order valence-corrected chi connectivity index (χ1v) is 7.60. The van der Waals surface area contributed by atoms with E-state index >= 15 is 0 Å². The van der Waals surface area contributed by atoms with Crippen LogP contribution in [-0.4, -0.2) is 26.4 Å². The fourth-order valence-electron chi connectivity index (χ4n) is 3.47. The number of ether oxygens (including phenoxy) is 2. The van der Waals surface area contributed by atoms with Crippen molar-refractivity contribution in [1.29, 1.82) is 0 Å². The van der Waals surface area contributed by atoms with Crippen LogP contribution in [0.15, 0.2) is 18.2 Å². The van der Waals surface area contributed by atoms with Crippen molar-refractivity contribution in [2.24, 2.45) is 0 Å². The van der Waals surface area contributed by atoms with Gasteiger partial charge in [-0.1, -0.05) is 25.8 Å². The Kier molecular flexibility index (Phi) is 5.06. The molecule has 20 heavy (non-hydrogen) atoms. The molecule has 1 fully saturated rings. The predicted octanol–water partition coefficient (Wildman–Crippen LogP) is 3.61. The lowest BCUT2D eigenvalue weighted by atomic mass is 9.84. The molecule has 0 heterocycles. The van der Waals surface area contributed by atoms with Gasteiger partial charge in [0.2, 0.25) is 0 Å². The molecule has 3 heteroatoms. The highest BCUT2D eigenvalue weighted by atomic mass is 16.5. The molecule has 3 nitrogen and oxygen atoms in total. The number of aryl methyl sites for hydroxylation is 1. The van der Waals surface area contributed by atoms with Gasteiger partial charge in [-0.15, -0.1) is 0 Å². The van der Waals surface area contributed by atoms with Crippen LogP contribution in [0, 0.1) is 6.92 Å². The van der Waals surface area contributed by atoms with E-state index in [1.54, 1.807) is 7.11 Å². The van der Waals surface area contributed by atoms with Crippen molar-refractivity contribution in [1.82, 2.24) is 5.32 Å². The molecule has 1 aliphatic carbocycles. The maximum absolute atomic E-state index is 5.99. The number of nitrogens with one attached hydrogen (secondary N) is 1. The van der Waals surface area contributed by atoms with Crippen LogP contribution in [0.25, 0.3) is 0 Å². The Hall–Kier alpha value is -1.06. The molecule has 0 aromatic heterocycles. The van der Waals surface area contributed by atoms with Gasteiger partial charge >= 0.3 is 0 Å². The SMILES string of the molecule is CCNC(c1ccc(OC)cc1C)C1(OC)CCCC1. The highest BCUT2D eigenvalue weighted by Crippen LogP contribution is 2.43. The summed E-state index contributed by atoms with van der Waals surface area (Å²) in [6.07, 6.45) is 4.77. The van der Waals surface area contributed by atoms with Gasteiger partial charge in [-0.05, 0) is 49.6 Å². The minimum atomic E-state index is -0.0602. The van der Waals surface area contributed by atoms with E-state index in [1.165, 1.54) is 24.0 Å². The zero-order valence-corrected chi connectivity index (χ0v) is 13.2. The van der Waals surface area contributed by atoms with E-state index in [0.29, 0.717) is 0 Å². The van der Waals surface area contributed by atoms with Gasteiger partial charge in [0.15, 0.2) is 0 Å². The van der Waals surface area contributed by atoms with E-state index in [4.69, 9.17) is 9.47 Å². The second-order valence-corrected chi connectivity index (χ2v) is 5.69. The number of benzene rings is 1. The number of likely N-dealkylation sites (N-methyl/N-ethyl adjacent to an activating group) is 1. The van der Waals surface area contributed by atoms with Crippen molar-refractivity contribution in [2.75, 3.05) is 20.8 Å². The number of hydrogen-bond donors (Lipinski definition) is 1. The average molecular weight is 277 g/mol. The van der Waals surface area contributed by atoms with Gasteiger partial charge in [-0.25, -0.2) is 0 Å². The zero-order chi connectivity index (χ0) is 14.6. The van der Waals surface area contributed by atoms with E-state index in [-0.39, 0.29) is 11.6 Å². The average Bonchev–Trinajstić information content (AvgIpc) is 2.95. The molecular weight excluding hydrogens is 250 g/mol. The topological polar surface area (TPSA) is 30.5 Å². The quantitative estimate of drug-likeness (QED) is 0.861. The van der Waals surface area contributed by atoms with Crippen LogP contribution in [-0.2, 0) is 4.74 Å². The molecule has 1 unspecified atom stereocenters. The van der Waals surface area contributed by atoms with E-state index in [9.17, 15) is 0 Å². The number of hydrogen-bond acceptors (Lipinski definition) is 3. The summed E-state index contributed by atoms with van der Waals surface area (Å²) in [4.78, 5) is 0. The molecule has 1 aromatic rings. The summed E-state index contributed by atoms with van der Waals surface area (Å²) < 4.78 is 11.3. The molecule has 1 aromatic carbocycles. The maximum Gasteiger partial charge on any atom is 0.119 e. The van der Waals surface area contributed by atoms with Crippen LogP contribution < -0.4 is 10.1 Å². The molecule has 0 bridgehead atoms. The second kappa shape index (κ2) is 6.59. The molecule has 0 amide bonds. The number of rotatable bonds is 6. The molecule has 1 aliphatic rings. The maximum atomic E-state index is 5.99. The van der Waals surface area contributed by atoms with Crippen LogP contribution in [0.3, 0.4) is 0 Å². The molecule has 0 radical (unpaired) electrons. The molecule has 0 saturated heterocycles. The smallest absolute Gasteiger partial charge is 0.119 e. The van der Waals surface area contributed by atoms with E-state index in [0.717, 1.165) is 25.1 Å². The van der Waals surface area contributed by atoms with Gasteiger partial charge in [-0.3, -0.25) is 0 Å². The third-order valence-electron chi connectivity index (χ3n) is 4.58. The minimum absolute atomic E-state index is 0.0602. The Morgan fingerprint density at radius 3 is 2.45 bits per heavy atom. The fraction of sp³-hybridized carbons (Fsp3) is 0.647. The van der Waals surface area contributed by atoms with Crippen molar-refractivity contribution in [2.45, 2.75) is 51.2 Å². The molecule has 1 atom stereocenters. The largest absolute Gasteiger partial charge is 0.497 e. The van der Waals surface area contributed by atoms with Gasteiger partial charge in [0.1, 0.15) is 5.75 Å². The van der Waals surface area contributed by atoms with Crippen molar-refractivity contribution in [3.05, 3.63) is 29.3 Å². The molecule has 1 N–H and O–H groups in total. The fourth-order valence-corrected chi connectivity index (χ4v) is 3.47. The van der Waals surface area contributed by atoms with E-state index < -0.39 is 0 Å². The Morgan fingerprint density at radius 2 is 1.95 bits per heavy atom. The monoisotopic (exact) mass is 277 g/mol. The first-order chi connectivity index (χ1) is 9.66. The van der Waals surface area contributed by atoms with Crippen molar-refractivity contribution in [3.63, 3.8) is 0 Å². The van der Waals surface area contributed by atoms with Crippen LogP contribution in [0.1, 0.15) is 49.8 Å². The van der Waals surface area contributed by atoms with Gasteiger partial charge in [0.25, 0.3) is 0 Å². The molecule has 0 aliphatic heterocycles. The summed E-state index contributed by atoms with van der Waals surface area (Å²) in [5.41, 5.74) is 2.53. The lowest BCUT2D eigenvalue weighted by molar-refractivity contribution is -0.0365. The first kappa shape index (κ1) is 15.3. The van der Waals surface area contributed by atoms with Gasteiger partial charge < -0.3 is 14.8 Å². The molecule has 1 saturated carbocycles. The standard InChI is InChI=1S/C17H27NO2/c1-5-18-16(17(20-4)10-6-7-11-17)15-9-8-14(19-3)12-13(15)2/h8-9,12,16,18H,5-7,10-11H2,1-4H3. The number of methoxy groups -OCH3 is 2. The Balaban J connectivity index is 2.37. The molecule has 0 spiro atoms. The van der Waals surface area contributed by atoms with Crippen molar-refractivity contribution >= 4 is 0 Å². The lowest BCUT2D eigenvalue weighted by Gasteiger charge is -2.38. The Bertz CT molecular complexity index is 439. The molecular formula is C17H27NO2. The van der Waals surface area contributed by atoms with Crippen LogP contribution in [0.5, 0.6) is 5.75 Å². The summed E-state index contributed by atoms with van der Waals surface area (Å²) in [6, 6.07) is 6.59.